The minimum Gasteiger partial charge on any atom is -0.478 e. The van der Waals surface area contributed by atoms with Gasteiger partial charge in [0.2, 0.25) is 0 Å². The maximum absolute atomic E-state index is 12.7. The number of aromatic carboxylic acids is 1. The Bertz CT molecular complexity index is 390. The van der Waals surface area contributed by atoms with Gasteiger partial charge in [0.25, 0.3) is 0 Å². The maximum Gasteiger partial charge on any atom is 0.336 e. The number of benzene rings is 1. The first-order valence-electron chi connectivity index (χ1n) is 3.82. The summed E-state index contributed by atoms with van der Waals surface area (Å²) in [7, 11) is 0. The van der Waals surface area contributed by atoms with Gasteiger partial charge in [0, 0.05) is 5.56 Å². The number of Topliss-reactive ketones (excluding diaryl/α,β-unsaturated/α-hetero) is 1. The summed E-state index contributed by atoms with van der Waals surface area (Å²) in [5.41, 5.74) is 4.65. The molecule has 0 radical (unpaired) electrons. The number of rotatable bonds is 3. The summed E-state index contributed by atoms with van der Waals surface area (Å²) in [5.74, 6) is -2.57. The number of carboxylic acids is 1. The smallest absolute Gasteiger partial charge is 0.336 e. The quantitative estimate of drug-likeness (QED) is 0.697. The summed E-state index contributed by atoms with van der Waals surface area (Å²) in [6.07, 6.45) is 0. The van der Waals surface area contributed by atoms with Crippen LogP contribution in [0.5, 0.6) is 0 Å². The summed E-state index contributed by atoms with van der Waals surface area (Å²) in [5, 5.41) is 8.67. The highest BCUT2D eigenvalue weighted by molar-refractivity contribution is 6.06. The Hall–Kier alpha value is -1.75. The molecule has 0 amide bonds. The van der Waals surface area contributed by atoms with Crippen molar-refractivity contribution < 1.29 is 19.1 Å². The van der Waals surface area contributed by atoms with Gasteiger partial charge < -0.3 is 10.8 Å². The average Bonchev–Trinajstić information content (AvgIpc) is 2.16. The number of carbonyl (C=O) groups is 2. The minimum absolute atomic E-state index is 0.0681. The Morgan fingerprint density at radius 3 is 2.50 bits per heavy atom. The van der Waals surface area contributed by atoms with E-state index in [1.165, 1.54) is 0 Å². The van der Waals surface area contributed by atoms with Crippen molar-refractivity contribution in [2.75, 3.05) is 6.54 Å². The van der Waals surface area contributed by atoms with Crippen LogP contribution in [0, 0.1) is 5.82 Å². The maximum atomic E-state index is 12.7. The Morgan fingerprint density at radius 1 is 1.36 bits per heavy atom. The molecule has 0 aliphatic carbocycles. The third kappa shape index (κ3) is 1.94. The van der Waals surface area contributed by atoms with Crippen molar-refractivity contribution in [3.05, 3.63) is 35.1 Å². The molecule has 14 heavy (non-hydrogen) atoms. The number of halogens is 1. The molecule has 1 rings (SSSR count). The zero-order chi connectivity index (χ0) is 10.7. The van der Waals surface area contributed by atoms with Crippen molar-refractivity contribution in [2.24, 2.45) is 5.73 Å². The average molecular weight is 197 g/mol. The summed E-state index contributed by atoms with van der Waals surface area (Å²) < 4.78 is 12.7. The number of hydrogen-bond donors (Lipinski definition) is 2. The van der Waals surface area contributed by atoms with Gasteiger partial charge in [-0.15, -0.1) is 0 Å². The summed E-state index contributed by atoms with van der Waals surface area (Å²) in [4.78, 5) is 21.8. The molecule has 0 unspecified atom stereocenters. The van der Waals surface area contributed by atoms with E-state index in [4.69, 9.17) is 10.8 Å². The molecule has 0 aliphatic rings. The predicted octanol–water partition coefficient (Wildman–Crippen LogP) is 0.665. The molecule has 3 N–H and O–H groups in total. The fourth-order valence-corrected chi connectivity index (χ4v) is 1.05. The van der Waals surface area contributed by atoms with Crippen molar-refractivity contribution in [1.29, 1.82) is 0 Å². The van der Waals surface area contributed by atoms with E-state index in [1.807, 2.05) is 0 Å². The van der Waals surface area contributed by atoms with Crippen molar-refractivity contribution in [3.8, 4) is 0 Å². The number of carbonyl (C=O) groups excluding carboxylic acids is 1. The number of carboxylic acid groups (broad SMARTS) is 1. The van der Waals surface area contributed by atoms with Crippen molar-refractivity contribution in [3.63, 3.8) is 0 Å². The standard InChI is InChI=1S/C9H8FNO3/c10-5-1-2-6(8(12)4-11)7(3-5)9(13)14/h1-3H,4,11H2,(H,13,14). The molecule has 74 valence electrons. The number of ketones is 1. The zero-order valence-corrected chi connectivity index (χ0v) is 7.16. The topological polar surface area (TPSA) is 80.4 Å². The van der Waals surface area contributed by atoms with Gasteiger partial charge >= 0.3 is 5.97 Å². The molecule has 0 saturated carbocycles. The summed E-state index contributed by atoms with van der Waals surface area (Å²) >= 11 is 0. The van der Waals surface area contributed by atoms with Crippen LogP contribution in [0.3, 0.4) is 0 Å². The SMILES string of the molecule is NCC(=O)c1ccc(F)cc1C(=O)O. The third-order valence-electron chi connectivity index (χ3n) is 1.70. The molecular weight excluding hydrogens is 189 g/mol. The highest BCUT2D eigenvalue weighted by Crippen LogP contribution is 2.11. The summed E-state index contributed by atoms with van der Waals surface area (Å²) in [6, 6.07) is 2.94. The predicted molar refractivity (Wildman–Crippen MR) is 46.7 cm³/mol. The lowest BCUT2D eigenvalue weighted by Gasteiger charge is -2.02. The molecule has 0 aliphatic heterocycles. The lowest BCUT2D eigenvalue weighted by Crippen LogP contribution is -2.17. The highest BCUT2D eigenvalue weighted by Gasteiger charge is 2.15. The Morgan fingerprint density at radius 2 is 2.00 bits per heavy atom. The van der Waals surface area contributed by atoms with Crippen LogP contribution in [0.15, 0.2) is 18.2 Å². The zero-order valence-electron chi connectivity index (χ0n) is 7.16. The highest BCUT2D eigenvalue weighted by atomic mass is 19.1. The van der Waals surface area contributed by atoms with Crippen molar-refractivity contribution >= 4 is 11.8 Å². The lowest BCUT2D eigenvalue weighted by atomic mass is 10.0. The molecule has 5 heteroatoms. The fourth-order valence-electron chi connectivity index (χ4n) is 1.05. The van der Waals surface area contributed by atoms with Crippen LogP contribution in [0.1, 0.15) is 20.7 Å². The van der Waals surface area contributed by atoms with Gasteiger partial charge in [0.05, 0.1) is 12.1 Å². The normalized spacial score (nSPS) is 9.86. The van der Waals surface area contributed by atoms with E-state index < -0.39 is 17.6 Å². The van der Waals surface area contributed by atoms with Crippen LogP contribution in [0.2, 0.25) is 0 Å². The van der Waals surface area contributed by atoms with E-state index in [9.17, 15) is 14.0 Å². The molecule has 1 aromatic rings. The van der Waals surface area contributed by atoms with E-state index in [-0.39, 0.29) is 17.7 Å². The van der Waals surface area contributed by atoms with Crippen LogP contribution >= 0.6 is 0 Å². The van der Waals surface area contributed by atoms with Gasteiger partial charge in [-0.3, -0.25) is 4.79 Å². The second-order valence-electron chi connectivity index (χ2n) is 2.62. The summed E-state index contributed by atoms with van der Waals surface area (Å²) in [6.45, 7) is -0.300. The first-order valence-corrected chi connectivity index (χ1v) is 3.82. The van der Waals surface area contributed by atoms with Crippen molar-refractivity contribution in [1.82, 2.24) is 0 Å². The fraction of sp³-hybridized carbons (Fsp3) is 0.111. The molecule has 0 spiro atoms. The second kappa shape index (κ2) is 3.97. The molecule has 0 saturated heterocycles. The van der Waals surface area contributed by atoms with Crippen molar-refractivity contribution in [2.45, 2.75) is 0 Å². The van der Waals surface area contributed by atoms with Gasteiger partial charge in [-0.2, -0.15) is 0 Å². The number of nitrogens with two attached hydrogens (primary N) is 1. The van der Waals surface area contributed by atoms with Gasteiger partial charge in [-0.25, -0.2) is 9.18 Å². The monoisotopic (exact) mass is 197 g/mol. The van der Waals surface area contributed by atoms with E-state index in [2.05, 4.69) is 0 Å². The van der Waals surface area contributed by atoms with E-state index in [0.29, 0.717) is 0 Å². The van der Waals surface area contributed by atoms with E-state index in [0.717, 1.165) is 18.2 Å². The van der Waals surface area contributed by atoms with Crippen LogP contribution in [0.25, 0.3) is 0 Å². The molecule has 0 heterocycles. The molecule has 1 aromatic carbocycles. The van der Waals surface area contributed by atoms with Crippen LogP contribution in [-0.4, -0.2) is 23.4 Å². The van der Waals surface area contributed by atoms with Gasteiger partial charge in [0.15, 0.2) is 5.78 Å². The number of hydrogen-bond acceptors (Lipinski definition) is 3. The Kier molecular flexibility index (Phi) is 2.93. The third-order valence-corrected chi connectivity index (χ3v) is 1.70. The lowest BCUT2D eigenvalue weighted by molar-refractivity contribution is 0.0691. The van der Waals surface area contributed by atoms with Gasteiger partial charge in [-0.1, -0.05) is 0 Å². The Labute approximate surface area is 79.1 Å². The van der Waals surface area contributed by atoms with Gasteiger partial charge in [-0.05, 0) is 18.2 Å². The molecule has 0 atom stereocenters. The Balaban J connectivity index is 3.28. The van der Waals surface area contributed by atoms with Gasteiger partial charge in [0.1, 0.15) is 5.82 Å². The molecule has 0 bridgehead atoms. The molecule has 0 fully saturated rings. The van der Waals surface area contributed by atoms with Crippen LogP contribution in [-0.2, 0) is 0 Å². The van der Waals surface area contributed by atoms with E-state index in [1.54, 1.807) is 0 Å². The molecular formula is C9H8FNO3. The second-order valence-corrected chi connectivity index (χ2v) is 2.62. The first kappa shape index (κ1) is 10.3. The minimum atomic E-state index is -1.35. The largest absolute Gasteiger partial charge is 0.478 e. The molecule has 0 aromatic heterocycles. The van der Waals surface area contributed by atoms with E-state index >= 15 is 0 Å². The van der Waals surface area contributed by atoms with Crippen LogP contribution in [0.4, 0.5) is 4.39 Å². The molecule has 4 nitrogen and oxygen atoms in total. The first-order chi connectivity index (χ1) is 6.56. The van der Waals surface area contributed by atoms with Crippen LogP contribution < -0.4 is 5.73 Å².